The van der Waals surface area contributed by atoms with E-state index in [1.165, 1.54) is 0 Å². The number of hydrogen-bond donors (Lipinski definition) is 5. The molecule has 0 radical (unpaired) electrons. The number of hydrogen-bond acceptors (Lipinski definition) is 5. The zero-order chi connectivity index (χ0) is 11.5. The Balaban J connectivity index is -0.000000282. The van der Waals surface area contributed by atoms with Crippen LogP contribution < -0.4 is 0 Å². The Labute approximate surface area is 138 Å². The third-order valence-electron chi connectivity index (χ3n) is 1.03. The zero-order valence-corrected chi connectivity index (χ0v) is 7.77. The van der Waals surface area contributed by atoms with Gasteiger partial charge in [0.05, 0.1) is 0 Å². The van der Waals surface area contributed by atoms with Crippen molar-refractivity contribution in [1.82, 2.24) is 0 Å². The number of phosphoric acid groups is 1. The topological polar surface area (TPSA) is 162 Å². The van der Waals surface area contributed by atoms with Crippen molar-refractivity contribution in [2.75, 3.05) is 0 Å². The molecule has 5 N–H and O–H groups in total. The van der Waals surface area contributed by atoms with Crippen molar-refractivity contribution in [3.8, 4) is 0 Å². The van der Waals surface area contributed by atoms with Crippen molar-refractivity contribution < 1.29 is 48.5 Å². The van der Waals surface area contributed by atoms with Crippen LogP contribution in [-0.2, 0) is 18.7 Å². The average Bonchev–Trinajstić information content (AvgIpc) is 1.96. The van der Waals surface area contributed by atoms with Gasteiger partial charge in [-0.1, -0.05) is 0 Å². The molecule has 0 saturated carbocycles. The van der Waals surface area contributed by atoms with Crippen molar-refractivity contribution in [3.05, 3.63) is 0 Å². The number of carbonyl (C=O) groups is 2. The van der Waals surface area contributed by atoms with E-state index < -0.39 is 32.0 Å². The summed E-state index contributed by atoms with van der Waals surface area (Å²) in [6.45, 7) is 0. The first-order valence-electron chi connectivity index (χ1n) is 3.03. The van der Waals surface area contributed by atoms with Crippen LogP contribution in [0.1, 0.15) is 0 Å². The second kappa shape index (κ2) is 10.8. The van der Waals surface area contributed by atoms with Gasteiger partial charge in [-0.15, -0.1) is 0 Å². The van der Waals surface area contributed by atoms with Crippen LogP contribution in [0.25, 0.3) is 0 Å². The molecule has 0 spiro atoms. The summed E-state index contributed by atoms with van der Waals surface area (Å²) in [5, 5.41) is 25.1. The quantitative estimate of drug-likeness (QED) is 0.260. The molecule has 17 heavy (non-hydrogen) atoms. The van der Waals surface area contributed by atoms with E-state index >= 15 is 0 Å². The fourth-order valence-corrected chi connectivity index (χ4v) is 1.02. The summed E-state index contributed by atoms with van der Waals surface area (Å²) in [7, 11) is -5.17. The van der Waals surface area contributed by atoms with E-state index in [2.05, 4.69) is 4.52 Å². The van der Waals surface area contributed by atoms with E-state index in [1.54, 1.807) is 0 Å². The van der Waals surface area contributed by atoms with Crippen LogP contribution in [0, 0.1) is 0 Å². The molecule has 0 aromatic rings. The van der Waals surface area contributed by atoms with Crippen molar-refractivity contribution in [2.45, 2.75) is 12.2 Å². The van der Waals surface area contributed by atoms with Crippen LogP contribution in [0.15, 0.2) is 0 Å². The van der Waals surface area contributed by atoms with E-state index in [4.69, 9.17) is 25.1 Å². The van der Waals surface area contributed by atoms with Gasteiger partial charge in [0.25, 0.3) is 0 Å². The molecule has 0 aliphatic carbocycles. The molecule has 0 aromatic heterocycles. The van der Waals surface area contributed by atoms with Crippen LogP contribution in [-0.4, -0.2) is 108 Å². The summed E-state index contributed by atoms with van der Waals surface area (Å²) >= 11 is 0. The number of aliphatic carboxylic acids is 2. The Morgan fingerprint density at radius 2 is 1.41 bits per heavy atom. The molecule has 0 aliphatic heterocycles. The first-order valence-corrected chi connectivity index (χ1v) is 4.56. The summed E-state index contributed by atoms with van der Waals surface area (Å²) < 4.78 is 13.7. The fraction of sp³-hybridized carbons (Fsp3) is 0.500. The molecule has 2 unspecified atom stereocenters. The number of rotatable bonds is 5. The zero-order valence-electron chi connectivity index (χ0n) is 6.88. The number of carboxylic acids is 2. The van der Waals surface area contributed by atoms with Crippen LogP contribution in [0.2, 0.25) is 0 Å². The SMILES string of the molecule is F.O=C(O)C(O)C(OP(=O)(O)O)C(=O)O.[NaH].[NaH]. The molecule has 0 aliphatic rings. The minimum atomic E-state index is -5.17. The van der Waals surface area contributed by atoms with Crippen molar-refractivity contribution >= 4 is 78.9 Å². The summed E-state index contributed by atoms with van der Waals surface area (Å²) in [4.78, 5) is 36.7. The van der Waals surface area contributed by atoms with Gasteiger partial charge >= 0.3 is 78.9 Å². The molecule has 0 heterocycles. The van der Waals surface area contributed by atoms with E-state index in [1.807, 2.05) is 0 Å². The van der Waals surface area contributed by atoms with Crippen molar-refractivity contribution in [1.29, 1.82) is 0 Å². The molecule has 0 amide bonds. The minimum absolute atomic E-state index is 0. The Morgan fingerprint density at radius 1 is 1.06 bits per heavy atom. The van der Waals surface area contributed by atoms with Crippen LogP contribution in [0.5, 0.6) is 0 Å². The number of carboxylic acid groups (broad SMARTS) is 2. The molecule has 0 saturated heterocycles. The van der Waals surface area contributed by atoms with Gasteiger partial charge < -0.3 is 25.1 Å². The van der Waals surface area contributed by atoms with Crippen molar-refractivity contribution in [3.63, 3.8) is 0 Å². The maximum absolute atomic E-state index is 10.2. The Kier molecular flexibility index (Phi) is 16.9. The first-order chi connectivity index (χ1) is 6.15. The summed E-state index contributed by atoms with van der Waals surface area (Å²) in [6, 6.07) is 0. The van der Waals surface area contributed by atoms with Gasteiger partial charge in [0.2, 0.25) is 6.10 Å². The van der Waals surface area contributed by atoms with E-state index in [0.717, 1.165) is 0 Å². The van der Waals surface area contributed by atoms with Crippen molar-refractivity contribution in [2.24, 2.45) is 0 Å². The Bertz CT molecular complexity index is 293. The van der Waals surface area contributed by atoms with Gasteiger partial charge in [-0.3, -0.25) is 9.23 Å². The van der Waals surface area contributed by atoms with Gasteiger partial charge in [0.15, 0.2) is 6.10 Å². The van der Waals surface area contributed by atoms with Gasteiger partial charge in [0.1, 0.15) is 0 Å². The van der Waals surface area contributed by atoms with E-state index in [9.17, 15) is 14.2 Å². The number of halogens is 1. The van der Waals surface area contributed by atoms with Crippen LogP contribution >= 0.6 is 7.82 Å². The second-order valence-electron chi connectivity index (χ2n) is 2.14. The summed E-state index contributed by atoms with van der Waals surface area (Å²) in [5.74, 6) is -3.96. The molecule has 94 valence electrons. The van der Waals surface area contributed by atoms with Gasteiger partial charge in [-0.05, 0) is 0 Å². The summed E-state index contributed by atoms with van der Waals surface area (Å²) in [5.41, 5.74) is 0. The molecule has 0 aromatic carbocycles. The van der Waals surface area contributed by atoms with E-state index in [0.29, 0.717) is 0 Å². The predicted molar refractivity (Wildman–Crippen MR) is 55.0 cm³/mol. The first kappa shape index (κ1) is 26.5. The van der Waals surface area contributed by atoms with E-state index in [-0.39, 0.29) is 63.8 Å². The molecule has 0 fully saturated rings. The third-order valence-corrected chi connectivity index (χ3v) is 1.54. The maximum atomic E-state index is 10.2. The van der Waals surface area contributed by atoms with Gasteiger partial charge in [-0.25, -0.2) is 14.2 Å². The molecule has 9 nitrogen and oxygen atoms in total. The molecular weight excluding hydrogens is 288 g/mol. The number of phosphoric ester groups is 1. The predicted octanol–water partition coefficient (Wildman–Crippen LogP) is -3.15. The normalized spacial score (nSPS) is 13.1. The third kappa shape index (κ3) is 11.7. The molecule has 0 rings (SSSR count). The monoisotopic (exact) mass is 298 g/mol. The van der Waals surface area contributed by atoms with Crippen LogP contribution in [0.3, 0.4) is 0 Å². The standard InChI is InChI=1S/C4H7O9P.FH.2Na.2H/c5-1(3(6)7)2(4(8)9)13-14(10,11)12;;;;;/h1-2,5H,(H,6,7)(H,8,9)(H2,10,11,12);1H;;;;. The molecule has 2 atom stereocenters. The molecular formula is C4H10FNa2O9P. The Hall–Kier alpha value is 0.940. The van der Waals surface area contributed by atoms with Gasteiger partial charge in [0, 0.05) is 0 Å². The molecule has 0 bridgehead atoms. The van der Waals surface area contributed by atoms with Gasteiger partial charge in [-0.2, -0.15) is 0 Å². The fourth-order valence-electron chi connectivity index (χ4n) is 0.515. The van der Waals surface area contributed by atoms with Crippen LogP contribution in [0.4, 0.5) is 4.70 Å². The average molecular weight is 298 g/mol. The Morgan fingerprint density at radius 3 is 1.59 bits per heavy atom. The second-order valence-corrected chi connectivity index (χ2v) is 3.33. The number of aliphatic hydroxyl groups excluding tert-OH is 1. The summed E-state index contributed by atoms with van der Waals surface area (Å²) in [6.07, 6.45) is -5.08. The number of aliphatic hydroxyl groups is 1. The molecule has 13 heteroatoms.